The lowest BCUT2D eigenvalue weighted by molar-refractivity contribution is 0.538. The van der Waals surface area contributed by atoms with Gasteiger partial charge in [0, 0.05) is 11.8 Å². The van der Waals surface area contributed by atoms with Gasteiger partial charge in [0.1, 0.15) is 11.6 Å². The van der Waals surface area contributed by atoms with Crippen LogP contribution in [0.4, 0.5) is 8.78 Å². The first-order valence-electron chi connectivity index (χ1n) is 5.91. The molecule has 0 unspecified atom stereocenters. The molecular weight excluding hydrogens is 334 g/mol. The summed E-state index contributed by atoms with van der Waals surface area (Å²) in [4.78, 5) is 24.6. The minimum Gasteiger partial charge on any atom is -0.295 e. The highest BCUT2D eigenvalue weighted by molar-refractivity contribution is 9.10. The molecule has 1 aromatic heterocycles. The molecule has 0 atom stereocenters. The Bertz CT molecular complexity index is 690. The van der Waals surface area contributed by atoms with E-state index in [1.54, 1.807) is 0 Å². The molecule has 1 N–H and O–H groups in total. The van der Waals surface area contributed by atoms with E-state index in [1.165, 1.54) is 12.3 Å². The molecule has 20 heavy (non-hydrogen) atoms. The van der Waals surface area contributed by atoms with Crippen molar-refractivity contribution >= 4 is 15.9 Å². The number of halogens is 3. The number of hydrogen-bond donors (Lipinski definition) is 1. The number of aromatic nitrogens is 2. The summed E-state index contributed by atoms with van der Waals surface area (Å²) in [5.41, 5.74) is -1.56. The lowest BCUT2D eigenvalue weighted by Gasteiger charge is -2.07. The molecule has 0 amide bonds. The van der Waals surface area contributed by atoms with E-state index >= 15 is 0 Å². The zero-order valence-electron chi connectivity index (χ0n) is 10.9. The van der Waals surface area contributed by atoms with Crippen molar-refractivity contribution in [2.24, 2.45) is 0 Å². The van der Waals surface area contributed by atoms with Crippen LogP contribution in [0.1, 0.15) is 19.4 Å². The summed E-state index contributed by atoms with van der Waals surface area (Å²) >= 11 is 2.94. The van der Waals surface area contributed by atoms with Crippen LogP contribution in [0.15, 0.2) is 38.5 Å². The summed E-state index contributed by atoms with van der Waals surface area (Å²) in [5, 5.41) is 0. The Kier molecular flexibility index (Phi) is 5.82. The number of aromatic amines is 1. The molecule has 2 aromatic rings. The van der Waals surface area contributed by atoms with Gasteiger partial charge in [-0.15, -0.1) is 0 Å². The van der Waals surface area contributed by atoms with Crippen molar-refractivity contribution in [3.8, 4) is 0 Å². The summed E-state index contributed by atoms with van der Waals surface area (Å²) in [6.45, 7) is 3.70. The van der Waals surface area contributed by atoms with Crippen molar-refractivity contribution in [2.45, 2.75) is 20.4 Å². The SMILES string of the molecule is CC.O=c1[nH]c(=O)n(Cc2c(F)cccc2F)cc1Br. The lowest BCUT2D eigenvalue weighted by atomic mass is 10.2. The Morgan fingerprint density at radius 3 is 2.30 bits per heavy atom. The van der Waals surface area contributed by atoms with Crippen molar-refractivity contribution < 1.29 is 8.78 Å². The molecule has 4 nitrogen and oxygen atoms in total. The maximum absolute atomic E-state index is 13.4. The number of nitrogens with zero attached hydrogens (tertiary/aromatic N) is 1. The second-order valence-corrected chi connectivity index (χ2v) is 4.42. The van der Waals surface area contributed by atoms with Gasteiger partial charge in [0.05, 0.1) is 11.0 Å². The van der Waals surface area contributed by atoms with Gasteiger partial charge in [-0.2, -0.15) is 0 Å². The van der Waals surface area contributed by atoms with Crippen LogP contribution in [0.3, 0.4) is 0 Å². The standard InChI is InChI=1S/C11H7BrF2N2O2.C2H6/c12-7-5-16(11(18)15-10(7)17)4-6-8(13)2-1-3-9(6)14;1-2/h1-3,5H,4H2,(H,15,17,18);1-2H3. The minimum atomic E-state index is -0.746. The van der Waals surface area contributed by atoms with Crippen LogP contribution < -0.4 is 11.2 Å². The highest BCUT2D eigenvalue weighted by Crippen LogP contribution is 2.13. The minimum absolute atomic E-state index is 0.110. The molecule has 0 aliphatic heterocycles. The summed E-state index contributed by atoms with van der Waals surface area (Å²) in [7, 11) is 0. The van der Waals surface area contributed by atoms with Gasteiger partial charge in [0.15, 0.2) is 0 Å². The zero-order chi connectivity index (χ0) is 15.3. The van der Waals surface area contributed by atoms with Gasteiger partial charge < -0.3 is 0 Å². The Balaban J connectivity index is 0.000000956. The van der Waals surface area contributed by atoms with Crippen molar-refractivity contribution in [1.82, 2.24) is 9.55 Å². The van der Waals surface area contributed by atoms with Crippen molar-refractivity contribution in [1.29, 1.82) is 0 Å². The zero-order valence-corrected chi connectivity index (χ0v) is 12.5. The van der Waals surface area contributed by atoms with Gasteiger partial charge in [-0.05, 0) is 28.1 Å². The Morgan fingerprint density at radius 1 is 1.20 bits per heavy atom. The van der Waals surface area contributed by atoms with E-state index in [-0.39, 0.29) is 16.6 Å². The molecule has 1 heterocycles. The van der Waals surface area contributed by atoms with Crippen molar-refractivity contribution in [3.05, 3.63) is 66.9 Å². The fourth-order valence-corrected chi connectivity index (χ4v) is 1.80. The van der Waals surface area contributed by atoms with E-state index in [0.29, 0.717) is 0 Å². The van der Waals surface area contributed by atoms with E-state index in [9.17, 15) is 18.4 Å². The predicted octanol–water partition coefficient (Wildman–Crippen LogP) is 2.65. The molecule has 0 aliphatic carbocycles. The topological polar surface area (TPSA) is 54.9 Å². The fourth-order valence-electron chi connectivity index (χ4n) is 1.45. The Hall–Kier alpha value is -1.76. The van der Waals surface area contributed by atoms with Gasteiger partial charge >= 0.3 is 5.69 Å². The average molecular weight is 347 g/mol. The van der Waals surface area contributed by atoms with E-state index in [2.05, 4.69) is 15.9 Å². The number of nitrogens with one attached hydrogen (secondary N) is 1. The Labute approximate surface area is 122 Å². The largest absolute Gasteiger partial charge is 0.328 e. The first-order valence-corrected chi connectivity index (χ1v) is 6.70. The highest BCUT2D eigenvalue weighted by Gasteiger charge is 2.10. The summed E-state index contributed by atoms with van der Waals surface area (Å²) in [6, 6.07) is 3.44. The van der Waals surface area contributed by atoms with Gasteiger partial charge in [-0.3, -0.25) is 14.3 Å². The van der Waals surface area contributed by atoms with Gasteiger partial charge in [0.2, 0.25) is 0 Å². The second kappa shape index (κ2) is 7.14. The van der Waals surface area contributed by atoms with Crippen LogP contribution in [-0.4, -0.2) is 9.55 Å². The summed E-state index contributed by atoms with van der Waals surface area (Å²) < 4.78 is 27.9. The molecule has 2 rings (SSSR count). The molecule has 0 aliphatic rings. The Morgan fingerprint density at radius 2 is 1.75 bits per heavy atom. The van der Waals surface area contributed by atoms with Gasteiger partial charge in [0.25, 0.3) is 5.56 Å². The molecule has 0 radical (unpaired) electrons. The molecule has 108 valence electrons. The van der Waals surface area contributed by atoms with Crippen LogP contribution in [-0.2, 0) is 6.54 Å². The first kappa shape index (κ1) is 16.3. The normalized spacial score (nSPS) is 9.85. The lowest BCUT2D eigenvalue weighted by Crippen LogP contribution is -2.30. The highest BCUT2D eigenvalue weighted by atomic mass is 79.9. The van der Waals surface area contributed by atoms with Crippen LogP contribution in [0.25, 0.3) is 0 Å². The van der Waals surface area contributed by atoms with Crippen molar-refractivity contribution in [3.63, 3.8) is 0 Å². The molecular formula is C13H13BrF2N2O2. The quantitative estimate of drug-likeness (QED) is 0.908. The molecule has 0 saturated heterocycles. The summed E-state index contributed by atoms with van der Waals surface area (Å²) in [5.74, 6) is -1.49. The molecule has 7 heteroatoms. The van der Waals surface area contributed by atoms with Gasteiger partial charge in [-0.25, -0.2) is 13.6 Å². The van der Waals surface area contributed by atoms with Crippen molar-refractivity contribution in [2.75, 3.05) is 0 Å². The maximum atomic E-state index is 13.4. The summed E-state index contributed by atoms with van der Waals surface area (Å²) in [6.07, 6.45) is 1.19. The van der Waals surface area contributed by atoms with E-state index in [4.69, 9.17) is 0 Å². The number of benzene rings is 1. The number of H-pyrrole nitrogens is 1. The van der Waals surface area contributed by atoms with Gasteiger partial charge in [-0.1, -0.05) is 19.9 Å². The van der Waals surface area contributed by atoms with E-state index in [1.807, 2.05) is 18.8 Å². The van der Waals surface area contributed by atoms with E-state index < -0.39 is 22.9 Å². The van der Waals surface area contributed by atoms with Crippen LogP contribution in [0.2, 0.25) is 0 Å². The first-order chi connectivity index (χ1) is 9.49. The molecule has 0 spiro atoms. The number of hydrogen-bond acceptors (Lipinski definition) is 2. The van der Waals surface area contributed by atoms with E-state index in [0.717, 1.165) is 16.7 Å². The third-order valence-corrected chi connectivity index (χ3v) is 2.92. The molecule has 0 bridgehead atoms. The number of rotatable bonds is 2. The third-order valence-electron chi connectivity index (χ3n) is 2.36. The van der Waals surface area contributed by atoms with Crippen LogP contribution in [0, 0.1) is 11.6 Å². The predicted molar refractivity (Wildman–Crippen MR) is 75.8 cm³/mol. The van der Waals surface area contributed by atoms with Crippen LogP contribution in [0.5, 0.6) is 0 Å². The monoisotopic (exact) mass is 346 g/mol. The van der Waals surface area contributed by atoms with Crippen LogP contribution >= 0.6 is 15.9 Å². The smallest absolute Gasteiger partial charge is 0.295 e. The molecule has 0 saturated carbocycles. The molecule has 1 aromatic carbocycles. The molecule has 0 fully saturated rings. The maximum Gasteiger partial charge on any atom is 0.328 e. The fraction of sp³-hybridized carbons (Fsp3) is 0.231. The second-order valence-electron chi connectivity index (χ2n) is 3.56. The average Bonchev–Trinajstić information content (AvgIpc) is 2.42. The third kappa shape index (κ3) is 3.63.